The van der Waals surface area contributed by atoms with Gasteiger partial charge in [-0.3, -0.25) is 0 Å². The Morgan fingerprint density at radius 2 is 1.00 bits per heavy atom. The first kappa shape index (κ1) is 19.9. The van der Waals surface area contributed by atoms with Crippen molar-refractivity contribution < 1.29 is 10.2 Å². The van der Waals surface area contributed by atoms with Crippen molar-refractivity contribution in [2.75, 3.05) is 0 Å². The summed E-state index contributed by atoms with van der Waals surface area (Å²) < 4.78 is 0. The van der Waals surface area contributed by atoms with E-state index in [-0.39, 0.29) is 11.5 Å². The quantitative estimate of drug-likeness (QED) is 0.282. The molecule has 0 spiro atoms. The maximum absolute atomic E-state index is 10.1. The second kappa shape index (κ2) is 7.22. The van der Waals surface area contributed by atoms with Crippen molar-refractivity contribution in [3.8, 4) is 22.6 Å². The predicted molar refractivity (Wildman–Crippen MR) is 142 cm³/mol. The largest absolute Gasteiger partial charge is 0.508 e. The summed E-state index contributed by atoms with van der Waals surface area (Å²) in [5.41, 5.74) is 6.43. The zero-order chi connectivity index (χ0) is 23.6. The molecule has 0 heterocycles. The molecule has 0 atom stereocenters. The Morgan fingerprint density at radius 3 is 1.63 bits per heavy atom. The van der Waals surface area contributed by atoms with Gasteiger partial charge in [0.1, 0.15) is 11.5 Å². The predicted octanol–water partition coefficient (Wildman–Crippen LogP) is 7.77. The van der Waals surface area contributed by atoms with E-state index in [2.05, 4.69) is 72.8 Å². The number of hydrogen-bond acceptors (Lipinski definition) is 2. The van der Waals surface area contributed by atoms with Crippen molar-refractivity contribution in [3.63, 3.8) is 0 Å². The molecule has 0 saturated carbocycles. The molecule has 0 amide bonds. The third kappa shape index (κ3) is 2.71. The molecule has 0 radical (unpaired) electrons. The highest BCUT2D eigenvalue weighted by Crippen LogP contribution is 2.58. The highest BCUT2D eigenvalue weighted by molar-refractivity contribution is 6.06. The molecule has 6 aromatic carbocycles. The van der Waals surface area contributed by atoms with E-state index in [1.807, 2.05) is 24.3 Å². The van der Waals surface area contributed by atoms with Gasteiger partial charge in [-0.2, -0.15) is 0 Å². The lowest BCUT2D eigenvalue weighted by Crippen LogP contribution is -2.28. The van der Waals surface area contributed by atoms with E-state index in [1.54, 1.807) is 24.3 Å². The highest BCUT2D eigenvalue weighted by atomic mass is 16.3. The van der Waals surface area contributed by atoms with Crippen LogP contribution >= 0.6 is 0 Å². The third-order valence-electron chi connectivity index (χ3n) is 7.49. The van der Waals surface area contributed by atoms with E-state index < -0.39 is 5.41 Å². The molecule has 7 rings (SSSR count). The molecule has 0 aliphatic heterocycles. The van der Waals surface area contributed by atoms with Crippen LogP contribution in [0.15, 0.2) is 121 Å². The number of phenols is 2. The van der Waals surface area contributed by atoms with E-state index in [1.165, 1.54) is 43.8 Å². The molecule has 0 aromatic heterocycles. The van der Waals surface area contributed by atoms with Gasteiger partial charge in [0.15, 0.2) is 0 Å². The first-order chi connectivity index (χ1) is 17.2. The van der Waals surface area contributed by atoms with E-state index in [9.17, 15) is 10.2 Å². The standard InChI is InChI=1S/C33H22O2/c34-26-14-10-24(11-15-26)33(25-12-16-27(35)17-13-25)30-18-9-21-5-3-4-8-28(21)32(30)29-19-22-6-1-2-7-23(22)20-31(29)33/h1-20,34-35H. The molecular weight excluding hydrogens is 428 g/mol. The van der Waals surface area contributed by atoms with Gasteiger partial charge < -0.3 is 10.2 Å². The highest BCUT2D eigenvalue weighted by Gasteiger charge is 2.46. The van der Waals surface area contributed by atoms with Crippen LogP contribution in [0, 0.1) is 0 Å². The van der Waals surface area contributed by atoms with E-state index >= 15 is 0 Å². The molecule has 35 heavy (non-hydrogen) atoms. The Bertz CT molecular complexity index is 1700. The first-order valence-electron chi connectivity index (χ1n) is 11.8. The van der Waals surface area contributed by atoms with Crippen molar-refractivity contribution in [2.24, 2.45) is 0 Å². The average molecular weight is 451 g/mol. The maximum atomic E-state index is 10.1. The van der Waals surface area contributed by atoms with Crippen molar-refractivity contribution in [2.45, 2.75) is 5.41 Å². The van der Waals surface area contributed by atoms with Gasteiger partial charge in [-0.05, 0) is 91.3 Å². The monoisotopic (exact) mass is 450 g/mol. The minimum atomic E-state index is -0.597. The van der Waals surface area contributed by atoms with Gasteiger partial charge in [0.25, 0.3) is 0 Å². The van der Waals surface area contributed by atoms with Crippen LogP contribution in [-0.4, -0.2) is 10.2 Å². The van der Waals surface area contributed by atoms with Crippen molar-refractivity contribution in [3.05, 3.63) is 144 Å². The number of rotatable bonds is 2. The molecule has 0 saturated heterocycles. The third-order valence-corrected chi connectivity index (χ3v) is 7.49. The molecule has 2 heteroatoms. The van der Waals surface area contributed by atoms with Crippen LogP contribution < -0.4 is 0 Å². The lowest BCUT2D eigenvalue weighted by molar-refractivity contribution is 0.475. The molecular formula is C33H22O2. The first-order valence-corrected chi connectivity index (χ1v) is 11.8. The number of fused-ring (bicyclic) bond motifs is 6. The lowest BCUT2D eigenvalue weighted by Gasteiger charge is -2.34. The smallest absolute Gasteiger partial charge is 0.115 e. The molecule has 1 aliphatic rings. The summed E-state index contributed by atoms with van der Waals surface area (Å²) in [4.78, 5) is 0. The van der Waals surface area contributed by atoms with Crippen LogP contribution in [0.25, 0.3) is 32.7 Å². The zero-order valence-electron chi connectivity index (χ0n) is 18.9. The number of phenolic OH excluding ortho intramolecular Hbond substituents is 2. The molecule has 1 aliphatic carbocycles. The SMILES string of the molecule is Oc1ccc(C2(c3ccc(O)cc3)c3cc4ccccc4cc3-c3c2ccc2ccccc32)cc1. The van der Waals surface area contributed by atoms with Gasteiger partial charge in [0, 0.05) is 0 Å². The summed E-state index contributed by atoms with van der Waals surface area (Å²) in [5, 5.41) is 25.1. The number of hydrogen-bond donors (Lipinski definition) is 2. The second-order valence-electron chi connectivity index (χ2n) is 9.30. The van der Waals surface area contributed by atoms with Crippen LogP contribution in [0.1, 0.15) is 22.3 Å². The fraction of sp³-hybridized carbons (Fsp3) is 0.0303. The molecule has 6 aromatic rings. The Morgan fingerprint density at radius 1 is 0.457 bits per heavy atom. The normalized spacial score (nSPS) is 13.6. The van der Waals surface area contributed by atoms with Crippen LogP contribution in [0.4, 0.5) is 0 Å². The van der Waals surface area contributed by atoms with Crippen LogP contribution in [0.5, 0.6) is 11.5 Å². The summed E-state index contributed by atoms with van der Waals surface area (Å²) in [7, 11) is 0. The minimum absolute atomic E-state index is 0.241. The molecule has 2 nitrogen and oxygen atoms in total. The van der Waals surface area contributed by atoms with Crippen LogP contribution in [0.3, 0.4) is 0 Å². The van der Waals surface area contributed by atoms with Crippen LogP contribution in [-0.2, 0) is 5.41 Å². The maximum Gasteiger partial charge on any atom is 0.115 e. The van der Waals surface area contributed by atoms with Crippen molar-refractivity contribution in [1.29, 1.82) is 0 Å². The molecule has 0 fully saturated rings. The van der Waals surface area contributed by atoms with E-state index in [4.69, 9.17) is 0 Å². The van der Waals surface area contributed by atoms with Gasteiger partial charge in [0.05, 0.1) is 5.41 Å². The van der Waals surface area contributed by atoms with E-state index in [0.717, 1.165) is 11.1 Å². The van der Waals surface area contributed by atoms with Gasteiger partial charge in [-0.25, -0.2) is 0 Å². The summed E-state index contributed by atoms with van der Waals surface area (Å²) >= 11 is 0. The van der Waals surface area contributed by atoms with Crippen LogP contribution in [0.2, 0.25) is 0 Å². The Hall–Kier alpha value is -4.56. The fourth-order valence-corrected chi connectivity index (χ4v) is 5.99. The summed E-state index contributed by atoms with van der Waals surface area (Å²) in [6.07, 6.45) is 0. The van der Waals surface area contributed by atoms with Crippen molar-refractivity contribution in [1.82, 2.24) is 0 Å². The Balaban J connectivity index is 1.72. The van der Waals surface area contributed by atoms with E-state index in [0.29, 0.717) is 0 Å². The molecule has 0 bridgehead atoms. The minimum Gasteiger partial charge on any atom is -0.508 e. The summed E-state index contributed by atoms with van der Waals surface area (Å²) in [6.45, 7) is 0. The average Bonchev–Trinajstić information content (AvgIpc) is 3.19. The topological polar surface area (TPSA) is 40.5 Å². The molecule has 166 valence electrons. The fourth-order valence-electron chi connectivity index (χ4n) is 5.99. The second-order valence-corrected chi connectivity index (χ2v) is 9.30. The Kier molecular flexibility index (Phi) is 4.10. The molecule has 2 N–H and O–H groups in total. The molecule has 0 unspecified atom stereocenters. The van der Waals surface area contributed by atoms with Gasteiger partial charge in [-0.15, -0.1) is 0 Å². The van der Waals surface area contributed by atoms with Crippen molar-refractivity contribution >= 4 is 21.5 Å². The number of benzene rings is 6. The van der Waals surface area contributed by atoms with Gasteiger partial charge in [0.2, 0.25) is 0 Å². The summed E-state index contributed by atoms with van der Waals surface area (Å²) in [6, 6.07) is 41.3. The zero-order valence-corrected chi connectivity index (χ0v) is 18.9. The van der Waals surface area contributed by atoms with Gasteiger partial charge in [-0.1, -0.05) is 84.9 Å². The van der Waals surface area contributed by atoms with Gasteiger partial charge >= 0.3 is 0 Å². The summed E-state index contributed by atoms with van der Waals surface area (Å²) in [5.74, 6) is 0.482. The number of aromatic hydroxyl groups is 2. The Labute approximate surface area is 203 Å². The lowest BCUT2D eigenvalue weighted by atomic mass is 9.67.